The van der Waals surface area contributed by atoms with Crippen molar-refractivity contribution in [2.24, 2.45) is 5.92 Å². The monoisotopic (exact) mass is 462 g/mol. The molecule has 0 aliphatic carbocycles. The molecule has 1 aliphatic rings. The van der Waals surface area contributed by atoms with Gasteiger partial charge in [-0.15, -0.1) is 11.3 Å². The topological polar surface area (TPSA) is 78.8 Å². The van der Waals surface area contributed by atoms with Crippen LogP contribution in [-0.4, -0.2) is 53.7 Å². The highest BCUT2D eigenvalue weighted by molar-refractivity contribution is 7.13. The van der Waals surface area contributed by atoms with E-state index in [0.717, 1.165) is 44.1 Å². The molecule has 0 bridgehead atoms. The van der Waals surface area contributed by atoms with Gasteiger partial charge in [0.25, 0.3) is 0 Å². The lowest BCUT2D eigenvalue weighted by Gasteiger charge is -2.41. The van der Waals surface area contributed by atoms with Crippen LogP contribution in [-0.2, 0) is 4.74 Å². The van der Waals surface area contributed by atoms with Gasteiger partial charge in [0.15, 0.2) is 10.9 Å². The van der Waals surface area contributed by atoms with Crippen molar-refractivity contribution in [3.05, 3.63) is 40.4 Å². The number of aryl methyl sites for hydroxylation is 1. The second kappa shape index (κ2) is 10.9. The average Bonchev–Trinajstić information content (AvgIpc) is 3.15. The van der Waals surface area contributed by atoms with E-state index < -0.39 is 5.95 Å². The summed E-state index contributed by atoms with van der Waals surface area (Å²) in [5.41, 5.74) is 1.19. The Hall–Kier alpha value is -2.52. The molecule has 0 unspecified atom stereocenters. The SMILES string of the molecule is C/C=C(/O)CC(=O)c1c(C)cc(N2CC(CCOCC)C2)nc1N(CC)c1nc(F)cs1. The first-order chi connectivity index (χ1) is 15.4. The lowest BCUT2D eigenvalue weighted by molar-refractivity contribution is 0.0979. The van der Waals surface area contributed by atoms with E-state index in [1.165, 1.54) is 22.8 Å². The number of Topliss-reactive ketones (excluding diaryl/α,β-unsaturated/α-hetero) is 1. The van der Waals surface area contributed by atoms with Gasteiger partial charge in [0.2, 0.25) is 5.95 Å². The van der Waals surface area contributed by atoms with Crippen LogP contribution in [0, 0.1) is 18.8 Å². The highest BCUT2D eigenvalue weighted by atomic mass is 32.1. The molecule has 0 aromatic carbocycles. The van der Waals surface area contributed by atoms with Crippen LogP contribution >= 0.6 is 11.3 Å². The maximum atomic E-state index is 13.7. The number of rotatable bonds is 11. The van der Waals surface area contributed by atoms with Gasteiger partial charge in [-0.3, -0.25) is 4.79 Å². The molecule has 1 N–H and O–H groups in total. The molecule has 2 aromatic heterocycles. The second-order valence-corrected chi connectivity index (χ2v) is 8.67. The third-order valence-corrected chi connectivity index (χ3v) is 6.40. The maximum absolute atomic E-state index is 13.7. The number of aliphatic hydroxyl groups is 1. The maximum Gasteiger partial charge on any atom is 0.225 e. The van der Waals surface area contributed by atoms with E-state index in [0.29, 0.717) is 29.0 Å². The van der Waals surface area contributed by atoms with E-state index in [1.807, 2.05) is 26.8 Å². The predicted octanol–water partition coefficient (Wildman–Crippen LogP) is 5.04. The number of nitrogens with zero attached hydrogens (tertiary/aromatic N) is 4. The molecule has 2 aromatic rings. The molecule has 0 amide bonds. The zero-order valence-corrected chi connectivity index (χ0v) is 19.9. The Morgan fingerprint density at radius 3 is 2.75 bits per heavy atom. The summed E-state index contributed by atoms with van der Waals surface area (Å²) in [7, 11) is 0. The number of thiazole rings is 1. The number of pyridine rings is 1. The first-order valence-electron chi connectivity index (χ1n) is 11.0. The number of aliphatic hydroxyl groups excluding tert-OH is 1. The fourth-order valence-corrected chi connectivity index (χ4v) is 4.51. The zero-order valence-electron chi connectivity index (χ0n) is 19.1. The highest BCUT2D eigenvalue weighted by Crippen LogP contribution is 2.36. The molecule has 174 valence electrons. The molecule has 9 heteroatoms. The van der Waals surface area contributed by atoms with Crippen molar-refractivity contribution < 1.29 is 19.0 Å². The number of carbonyl (C=O) groups excluding carboxylic acids is 1. The first kappa shape index (κ1) is 24.1. The van der Waals surface area contributed by atoms with Gasteiger partial charge in [0, 0.05) is 38.2 Å². The quantitative estimate of drug-likeness (QED) is 0.285. The summed E-state index contributed by atoms with van der Waals surface area (Å²) in [4.78, 5) is 25.8. The Morgan fingerprint density at radius 2 is 2.16 bits per heavy atom. The van der Waals surface area contributed by atoms with Crippen molar-refractivity contribution in [1.82, 2.24) is 9.97 Å². The van der Waals surface area contributed by atoms with Crippen LogP contribution in [0.4, 0.5) is 21.2 Å². The first-order valence-corrected chi connectivity index (χ1v) is 11.9. The number of hydrogen-bond acceptors (Lipinski definition) is 8. The minimum absolute atomic E-state index is 0.00708. The Kier molecular flexibility index (Phi) is 8.20. The number of halogens is 1. The molecule has 32 heavy (non-hydrogen) atoms. The van der Waals surface area contributed by atoms with Crippen molar-refractivity contribution in [2.45, 2.75) is 40.5 Å². The number of hydrogen-bond donors (Lipinski definition) is 1. The summed E-state index contributed by atoms with van der Waals surface area (Å²) in [6.07, 6.45) is 2.40. The summed E-state index contributed by atoms with van der Waals surface area (Å²) >= 11 is 1.17. The molecular formula is C23H31FN4O3S. The van der Waals surface area contributed by atoms with Gasteiger partial charge in [-0.05, 0) is 57.7 Å². The molecule has 3 rings (SSSR count). The van der Waals surface area contributed by atoms with Gasteiger partial charge in [-0.1, -0.05) is 0 Å². The lowest BCUT2D eigenvalue weighted by Crippen LogP contribution is -2.47. The lowest BCUT2D eigenvalue weighted by atomic mass is 9.96. The predicted molar refractivity (Wildman–Crippen MR) is 126 cm³/mol. The van der Waals surface area contributed by atoms with Crippen LogP contribution in [0.2, 0.25) is 0 Å². The van der Waals surface area contributed by atoms with Crippen LogP contribution in [0.25, 0.3) is 0 Å². The van der Waals surface area contributed by atoms with Gasteiger partial charge in [-0.25, -0.2) is 4.98 Å². The fourth-order valence-electron chi connectivity index (χ4n) is 3.77. The molecule has 7 nitrogen and oxygen atoms in total. The van der Waals surface area contributed by atoms with E-state index in [2.05, 4.69) is 9.88 Å². The normalized spacial score (nSPS) is 14.5. The Balaban J connectivity index is 1.94. The van der Waals surface area contributed by atoms with Crippen molar-refractivity contribution in [2.75, 3.05) is 42.6 Å². The van der Waals surface area contributed by atoms with Gasteiger partial charge < -0.3 is 19.6 Å². The van der Waals surface area contributed by atoms with E-state index in [9.17, 15) is 14.3 Å². The molecule has 1 aliphatic heterocycles. The van der Waals surface area contributed by atoms with E-state index in [1.54, 1.807) is 11.8 Å². The fraction of sp³-hybridized carbons (Fsp3) is 0.522. The summed E-state index contributed by atoms with van der Waals surface area (Å²) in [6.45, 7) is 11.2. The van der Waals surface area contributed by atoms with Crippen LogP contribution in [0.3, 0.4) is 0 Å². The molecule has 0 atom stereocenters. The Bertz CT molecular complexity index is 972. The third kappa shape index (κ3) is 5.45. The molecular weight excluding hydrogens is 431 g/mol. The highest BCUT2D eigenvalue weighted by Gasteiger charge is 2.30. The van der Waals surface area contributed by atoms with Crippen LogP contribution < -0.4 is 9.80 Å². The minimum Gasteiger partial charge on any atom is -0.512 e. The smallest absolute Gasteiger partial charge is 0.225 e. The second-order valence-electron chi connectivity index (χ2n) is 7.83. The Morgan fingerprint density at radius 1 is 1.41 bits per heavy atom. The number of aromatic nitrogens is 2. The number of ether oxygens (including phenoxy) is 1. The van der Waals surface area contributed by atoms with E-state index in [4.69, 9.17) is 9.72 Å². The Labute approximate surface area is 192 Å². The molecule has 1 fully saturated rings. The summed E-state index contributed by atoms with van der Waals surface area (Å²) < 4.78 is 19.1. The van der Waals surface area contributed by atoms with Crippen LogP contribution in [0.5, 0.6) is 0 Å². The largest absolute Gasteiger partial charge is 0.512 e. The third-order valence-electron chi connectivity index (χ3n) is 5.56. The summed E-state index contributed by atoms with van der Waals surface area (Å²) in [5, 5.41) is 11.7. The van der Waals surface area contributed by atoms with E-state index >= 15 is 0 Å². The summed E-state index contributed by atoms with van der Waals surface area (Å²) in [6, 6.07) is 1.92. The van der Waals surface area contributed by atoms with Crippen molar-refractivity contribution in [1.29, 1.82) is 0 Å². The van der Waals surface area contributed by atoms with Crippen molar-refractivity contribution >= 4 is 33.9 Å². The van der Waals surface area contributed by atoms with Crippen molar-refractivity contribution in [3.63, 3.8) is 0 Å². The van der Waals surface area contributed by atoms with Gasteiger partial charge in [0.1, 0.15) is 11.6 Å². The molecule has 0 saturated carbocycles. The minimum atomic E-state index is -0.560. The number of ketones is 1. The van der Waals surface area contributed by atoms with Gasteiger partial charge >= 0.3 is 0 Å². The number of anilines is 3. The van der Waals surface area contributed by atoms with E-state index in [-0.39, 0.29) is 18.0 Å². The standard InChI is InChI=1S/C23H31FN4O3S/c1-5-17(29)11-18(30)21-15(4)10-20(27-12-16(13-27)8-9-31-7-3)26-22(21)28(6-2)23-25-19(24)14-32-23/h5,10,14,16,29H,6-9,11-13H2,1-4H3/b17-5+. The average molecular weight is 463 g/mol. The molecule has 1 saturated heterocycles. The van der Waals surface area contributed by atoms with Crippen LogP contribution in [0.1, 0.15) is 49.5 Å². The summed E-state index contributed by atoms with van der Waals surface area (Å²) in [5.74, 6) is 0.996. The molecule has 3 heterocycles. The molecule has 0 spiro atoms. The van der Waals surface area contributed by atoms with Crippen molar-refractivity contribution in [3.8, 4) is 0 Å². The van der Waals surface area contributed by atoms with Gasteiger partial charge in [-0.2, -0.15) is 9.37 Å². The molecule has 0 radical (unpaired) electrons. The number of carbonyl (C=O) groups is 1. The number of allylic oxidation sites excluding steroid dienone is 2. The van der Waals surface area contributed by atoms with Gasteiger partial charge in [0.05, 0.1) is 17.7 Å². The zero-order chi connectivity index (χ0) is 23.3. The van der Waals surface area contributed by atoms with Crippen LogP contribution in [0.15, 0.2) is 23.3 Å².